The van der Waals surface area contributed by atoms with Crippen LogP contribution in [-0.2, 0) is 0 Å². The predicted molar refractivity (Wildman–Crippen MR) is 72.8 cm³/mol. The van der Waals surface area contributed by atoms with Crippen LogP contribution < -0.4 is 0 Å². The van der Waals surface area contributed by atoms with Crippen molar-refractivity contribution in [2.45, 2.75) is 46.0 Å². The van der Waals surface area contributed by atoms with E-state index in [-0.39, 0.29) is 0 Å². The molecule has 0 aromatic carbocycles. The van der Waals surface area contributed by atoms with Crippen molar-refractivity contribution in [2.75, 3.05) is 0 Å². The Balaban J connectivity index is 2.32. The van der Waals surface area contributed by atoms with Gasteiger partial charge in [-0.2, -0.15) is 0 Å². The maximum absolute atomic E-state index is 4.36. The van der Waals surface area contributed by atoms with Gasteiger partial charge in [-0.05, 0) is 36.3 Å². The van der Waals surface area contributed by atoms with Gasteiger partial charge < -0.3 is 0 Å². The Kier molecular flexibility index (Phi) is 5.24. The van der Waals surface area contributed by atoms with Crippen molar-refractivity contribution in [1.29, 1.82) is 0 Å². The maximum Gasteiger partial charge on any atom is 0.0684 e. The average molecular weight is 217 g/mol. The molecule has 0 fully saturated rings. The molecule has 0 bridgehead atoms. The van der Waals surface area contributed by atoms with Crippen molar-refractivity contribution in [3.8, 4) is 0 Å². The molecule has 16 heavy (non-hydrogen) atoms. The summed E-state index contributed by atoms with van der Waals surface area (Å²) in [5.41, 5.74) is 3.29. The Bertz CT molecular complexity index is 318. The van der Waals surface area contributed by atoms with Gasteiger partial charge in [0.25, 0.3) is 0 Å². The van der Waals surface area contributed by atoms with Crippen LogP contribution in [-0.4, -0.2) is 5.71 Å². The van der Waals surface area contributed by atoms with Gasteiger partial charge >= 0.3 is 0 Å². The largest absolute Gasteiger partial charge is 0.257 e. The minimum absolute atomic E-state index is 0.804. The molecule has 88 valence electrons. The van der Waals surface area contributed by atoms with Crippen LogP contribution in [0, 0.1) is 5.92 Å². The first kappa shape index (κ1) is 13.0. The summed E-state index contributed by atoms with van der Waals surface area (Å²) in [6.45, 7) is 12.7. The highest BCUT2D eigenvalue weighted by atomic mass is 14.7. The maximum atomic E-state index is 4.36. The van der Waals surface area contributed by atoms with Gasteiger partial charge in [0.1, 0.15) is 0 Å². The van der Waals surface area contributed by atoms with Gasteiger partial charge in [-0.1, -0.05) is 45.9 Å². The molecule has 0 saturated heterocycles. The highest BCUT2D eigenvalue weighted by molar-refractivity contribution is 6.12. The molecule has 1 heterocycles. The summed E-state index contributed by atoms with van der Waals surface area (Å²) in [4.78, 5) is 4.36. The fraction of sp³-hybridized carbons (Fsp3) is 0.533. The van der Waals surface area contributed by atoms with Crippen molar-refractivity contribution in [2.24, 2.45) is 10.9 Å². The monoisotopic (exact) mass is 217 g/mol. The molecule has 1 aliphatic heterocycles. The molecular formula is C15H23N. The Labute approximate surface area is 99.7 Å². The molecule has 0 atom stereocenters. The van der Waals surface area contributed by atoms with Gasteiger partial charge in [-0.15, -0.1) is 0 Å². The molecule has 0 aromatic rings. The van der Waals surface area contributed by atoms with Crippen LogP contribution in [0.3, 0.4) is 0 Å². The lowest BCUT2D eigenvalue weighted by molar-refractivity contribution is 0.539. The summed E-state index contributed by atoms with van der Waals surface area (Å²) < 4.78 is 0. The summed E-state index contributed by atoms with van der Waals surface area (Å²) in [7, 11) is 0. The van der Waals surface area contributed by atoms with Gasteiger partial charge in [-0.25, -0.2) is 0 Å². The number of aliphatic imine (C=N–C) groups is 1. The van der Waals surface area contributed by atoms with E-state index in [4.69, 9.17) is 0 Å². The van der Waals surface area contributed by atoms with E-state index in [1.807, 2.05) is 12.3 Å². The summed E-state index contributed by atoms with van der Waals surface area (Å²) in [5, 5.41) is 0. The van der Waals surface area contributed by atoms with Gasteiger partial charge in [-0.3, -0.25) is 4.99 Å². The lowest BCUT2D eigenvalue weighted by Gasteiger charge is -2.13. The zero-order valence-electron chi connectivity index (χ0n) is 10.6. The first-order chi connectivity index (χ1) is 7.61. The van der Waals surface area contributed by atoms with Gasteiger partial charge in [0, 0.05) is 6.20 Å². The minimum atomic E-state index is 0.804. The SMILES string of the molecule is C=C1CC=CN=C1C(=C)CCCCC(C)C. The van der Waals surface area contributed by atoms with Gasteiger partial charge in [0.15, 0.2) is 0 Å². The molecule has 1 rings (SSSR count). The Hall–Kier alpha value is -1.11. The zero-order valence-corrected chi connectivity index (χ0v) is 10.6. The fourth-order valence-corrected chi connectivity index (χ4v) is 1.86. The first-order valence-electron chi connectivity index (χ1n) is 6.20. The summed E-state index contributed by atoms with van der Waals surface area (Å²) in [6, 6.07) is 0. The first-order valence-corrected chi connectivity index (χ1v) is 6.20. The smallest absolute Gasteiger partial charge is 0.0684 e. The normalized spacial score (nSPS) is 15.4. The third kappa shape index (κ3) is 4.18. The van der Waals surface area contributed by atoms with Crippen LogP contribution >= 0.6 is 0 Å². The zero-order chi connectivity index (χ0) is 12.0. The minimum Gasteiger partial charge on any atom is -0.257 e. The van der Waals surface area contributed by atoms with Crippen LogP contribution in [0.4, 0.5) is 0 Å². The molecule has 0 spiro atoms. The topological polar surface area (TPSA) is 12.4 Å². The number of hydrogen-bond donors (Lipinski definition) is 0. The van der Waals surface area contributed by atoms with Gasteiger partial charge in [0.2, 0.25) is 0 Å². The number of nitrogens with zero attached hydrogens (tertiary/aromatic N) is 1. The van der Waals surface area contributed by atoms with Crippen LogP contribution in [0.25, 0.3) is 0 Å². The molecule has 0 unspecified atom stereocenters. The highest BCUT2D eigenvalue weighted by Gasteiger charge is 2.09. The number of unbranched alkanes of at least 4 members (excludes halogenated alkanes) is 1. The number of rotatable bonds is 6. The molecule has 0 N–H and O–H groups in total. The number of allylic oxidation sites excluding steroid dienone is 3. The lowest BCUT2D eigenvalue weighted by Crippen LogP contribution is -2.07. The van der Waals surface area contributed by atoms with Crippen molar-refractivity contribution < 1.29 is 0 Å². The van der Waals surface area contributed by atoms with E-state index < -0.39 is 0 Å². The standard InChI is InChI=1S/C15H23N/c1-12(2)8-5-6-9-13(3)15-14(4)10-7-11-16-15/h7,11-12H,3-6,8-10H2,1-2H3. The summed E-state index contributed by atoms with van der Waals surface area (Å²) >= 11 is 0. The van der Waals surface area contributed by atoms with Gasteiger partial charge in [0.05, 0.1) is 5.71 Å². The second-order valence-corrected chi connectivity index (χ2v) is 4.91. The predicted octanol–water partition coefficient (Wildman–Crippen LogP) is 4.67. The molecule has 1 aliphatic rings. The van der Waals surface area contributed by atoms with Crippen molar-refractivity contribution in [1.82, 2.24) is 0 Å². The van der Waals surface area contributed by atoms with E-state index >= 15 is 0 Å². The van der Waals surface area contributed by atoms with E-state index in [1.165, 1.54) is 19.3 Å². The fourth-order valence-electron chi connectivity index (χ4n) is 1.86. The molecule has 1 heteroatoms. The Morgan fingerprint density at radius 3 is 2.81 bits per heavy atom. The lowest BCUT2D eigenvalue weighted by atomic mass is 9.95. The molecule has 0 aliphatic carbocycles. The van der Waals surface area contributed by atoms with Crippen LogP contribution in [0.1, 0.15) is 46.0 Å². The van der Waals surface area contributed by atoms with Crippen LogP contribution in [0.5, 0.6) is 0 Å². The molecular weight excluding hydrogens is 194 g/mol. The Morgan fingerprint density at radius 2 is 2.19 bits per heavy atom. The third-order valence-corrected chi connectivity index (χ3v) is 2.85. The molecule has 0 aromatic heterocycles. The van der Waals surface area contributed by atoms with Crippen LogP contribution in [0.2, 0.25) is 0 Å². The summed E-state index contributed by atoms with van der Waals surface area (Å²) in [6.07, 6.45) is 9.68. The average Bonchev–Trinajstić information content (AvgIpc) is 2.24. The number of hydrogen-bond acceptors (Lipinski definition) is 1. The third-order valence-electron chi connectivity index (χ3n) is 2.85. The molecule has 0 saturated carbocycles. The highest BCUT2D eigenvalue weighted by Crippen LogP contribution is 2.19. The molecule has 0 radical (unpaired) electrons. The Morgan fingerprint density at radius 1 is 1.44 bits per heavy atom. The van der Waals surface area contributed by atoms with E-state index in [0.29, 0.717) is 0 Å². The second kappa shape index (κ2) is 6.47. The van der Waals surface area contributed by atoms with E-state index in [9.17, 15) is 0 Å². The van der Waals surface area contributed by atoms with Crippen molar-refractivity contribution in [3.05, 3.63) is 36.6 Å². The van der Waals surface area contributed by atoms with E-state index in [0.717, 1.165) is 35.6 Å². The molecule has 1 nitrogen and oxygen atoms in total. The molecule has 0 amide bonds. The van der Waals surface area contributed by atoms with Crippen molar-refractivity contribution >= 4 is 5.71 Å². The summed E-state index contributed by atoms with van der Waals surface area (Å²) in [5.74, 6) is 0.804. The van der Waals surface area contributed by atoms with E-state index in [2.05, 4.69) is 32.0 Å². The quantitative estimate of drug-likeness (QED) is 0.573. The second-order valence-electron chi connectivity index (χ2n) is 4.91. The van der Waals surface area contributed by atoms with E-state index in [1.54, 1.807) is 0 Å². The van der Waals surface area contributed by atoms with Crippen LogP contribution in [0.15, 0.2) is 41.6 Å². The van der Waals surface area contributed by atoms with Crippen molar-refractivity contribution in [3.63, 3.8) is 0 Å².